The van der Waals surface area contributed by atoms with Gasteiger partial charge in [0.25, 0.3) is 0 Å². The van der Waals surface area contributed by atoms with E-state index in [0.29, 0.717) is 5.65 Å². The van der Waals surface area contributed by atoms with Crippen LogP contribution < -0.4 is 0 Å². The van der Waals surface area contributed by atoms with Crippen LogP contribution in [0.3, 0.4) is 0 Å². The first-order chi connectivity index (χ1) is 9.16. The maximum absolute atomic E-state index is 13.6. The van der Waals surface area contributed by atoms with Crippen molar-refractivity contribution in [2.45, 2.75) is 6.10 Å². The summed E-state index contributed by atoms with van der Waals surface area (Å²) in [5.74, 6) is -2.03. The number of aliphatic hydroxyl groups excluding tert-OH is 1. The molecule has 0 saturated heterocycles. The summed E-state index contributed by atoms with van der Waals surface area (Å²) < 4.78 is 28.5. The molecule has 96 valence electrons. The van der Waals surface area contributed by atoms with Crippen molar-refractivity contribution in [3.63, 3.8) is 0 Å². The van der Waals surface area contributed by atoms with Gasteiger partial charge < -0.3 is 9.51 Å². The third-order valence-electron chi connectivity index (χ3n) is 2.94. The Labute approximate surface area is 107 Å². The molecule has 1 unspecified atom stereocenters. The van der Waals surface area contributed by atoms with Crippen LogP contribution in [-0.2, 0) is 0 Å². The van der Waals surface area contributed by atoms with Crippen molar-refractivity contribution in [3.05, 3.63) is 71.7 Å². The van der Waals surface area contributed by atoms with Gasteiger partial charge in [-0.15, -0.1) is 0 Å². The van der Waals surface area contributed by atoms with Gasteiger partial charge >= 0.3 is 0 Å². The van der Waals surface area contributed by atoms with Gasteiger partial charge in [0.15, 0.2) is 11.6 Å². The number of aliphatic hydroxyl groups is 1. The quantitative estimate of drug-likeness (QED) is 0.769. The first-order valence-electron chi connectivity index (χ1n) is 5.72. The zero-order valence-electron chi connectivity index (χ0n) is 9.79. The summed E-state index contributed by atoms with van der Waals surface area (Å²) in [5.41, 5.74) is 0.785. The highest BCUT2D eigenvalue weighted by Crippen LogP contribution is 2.25. The number of imidazole rings is 1. The van der Waals surface area contributed by atoms with Gasteiger partial charge in [0, 0.05) is 18.0 Å². The molecule has 0 bridgehead atoms. The Morgan fingerprint density at radius 2 is 1.95 bits per heavy atom. The van der Waals surface area contributed by atoms with E-state index in [0.717, 1.165) is 6.07 Å². The lowest BCUT2D eigenvalue weighted by atomic mass is 10.1. The van der Waals surface area contributed by atoms with Crippen molar-refractivity contribution in [1.82, 2.24) is 9.38 Å². The highest BCUT2D eigenvalue weighted by atomic mass is 19.2. The predicted octanol–water partition coefficient (Wildman–Crippen LogP) is 2.69. The van der Waals surface area contributed by atoms with E-state index in [1.54, 1.807) is 28.9 Å². The molecule has 1 aromatic carbocycles. The fourth-order valence-electron chi connectivity index (χ4n) is 1.98. The van der Waals surface area contributed by atoms with E-state index in [9.17, 15) is 13.9 Å². The zero-order valence-corrected chi connectivity index (χ0v) is 9.79. The van der Waals surface area contributed by atoms with E-state index in [-0.39, 0.29) is 11.3 Å². The number of benzene rings is 1. The van der Waals surface area contributed by atoms with E-state index in [1.165, 1.54) is 12.1 Å². The third kappa shape index (κ3) is 1.98. The molecular formula is C14H10F2N2O. The van der Waals surface area contributed by atoms with E-state index >= 15 is 0 Å². The van der Waals surface area contributed by atoms with Gasteiger partial charge in [-0.25, -0.2) is 13.8 Å². The fourth-order valence-corrected chi connectivity index (χ4v) is 1.98. The minimum absolute atomic E-state index is 0.122. The summed E-state index contributed by atoms with van der Waals surface area (Å²) in [7, 11) is 0. The first-order valence-corrected chi connectivity index (χ1v) is 5.72. The SMILES string of the molecule is OC(c1cn2ccccc2n1)c1cccc(F)c1F. The number of hydrogen-bond donors (Lipinski definition) is 1. The van der Waals surface area contributed by atoms with Crippen molar-refractivity contribution in [3.8, 4) is 0 Å². The number of rotatable bonds is 2. The number of nitrogens with zero attached hydrogens (tertiary/aromatic N) is 2. The lowest BCUT2D eigenvalue weighted by molar-refractivity contribution is 0.209. The molecule has 0 amide bonds. The van der Waals surface area contributed by atoms with Gasteiger partial charge in [-0.1, -0.05) is 18.2 Å². The Morgan fingerprint density at radius 1 is 1.11 bits per heavy atom. The van der Waals surface area contributed by atoms with Crippen LogP contribution in [0.4, 0.5) is 8.78 Å². The molecule has 0 spiro atoms. The normalized spacial score (nSPS) is 12.8. The number of fused-ring (bicyclic) bond motifs is 1. The molecule has 3 aromatic rings. The number of pyridine rings is 1. The fraction of sp³-hybridized carbons (Fsp3) is 0.0714. The maximum Gasteiger partial charge on any atom is 0.165 e. The van der Waals surface area contributed by atoms with Crippen LogP contribution in [-0.4, -0.2) is 14.5 Å². The summed E-state index contributed by atoms with van der Waals surface area (Å²) in [6, 6.07) is 9.09. The second-order valence-electron chi connectivity index (χ2n) is 4.18. The van der Waals surface area contributed by atoms with Gasteiger partial charge in [-0.3, -0.25) is 0 Å². The molecule has 1 N–H and O–H groups in total. The molecular weight excluding hydrogens is 250 g/mol. The largest absolute Gasteiger partial charge is 0.382 e. The van der Waals surface area contributed by atoms with Crippen molar-refractivity contribution in [1.29, 1.82) is 0 Å². The summed E-state index contributed by atoms with van der Waals surface area (Å²) in [4.78, 5) is 4.18. The van der Waals surface area contributed by atoms with Crippen molar-refractivity contribution in [2.24, 2.45) is 0 Å². The summed E-state index contributed by atoms with van der Waals surface area (Å²) in [5, 5.41) is 10.1. The van der Waals surface area contributed by atoms with E-state index in [2.05, 4.69) is 4.98 Å². The van der Waals surface area contributed by atoms with Gasteiger partial charge in [0.05, 0.1) is 5.69 Å². The van der Waals surface area contributed by atoms with Crippen LogP contribution in [0.5, 0.6) is 0 Å². The highest BCUT2D eigenvalue weighted by Gasteiger charge is 2.19. The van der Waals surface area contributed by atoms with Crippen LogP contribution in [0.1, 0.15) is 17.4 Å². The van der Waals surface area contributed by atoms with E-state index in [1.807, 2.05) is 6.07 Å². The number of aromatic nitrogens is 2. The molecule has 0 radical (unpaired) electrons. The molecule has 0 fully saturated rings. The van der Waals surface area contributed by atoms with Crippen LogP contribution in [0.2, 0.25) is 0 Å². The van der Waals surface area contributed by atoms with Crippen LogP contribution in [0, 0.1) is 11.6 Å². The van der Waals surface area contributed by atoms with Crippen LogP contribution in [0.25, 0.3) is 5.65 Å². The molecule has 2 heterocycles. The highest BCUT2D eigenvalue weighted by molar-refractivity contribution is 5.41. The lowest BCUT2D eigenvalue weighted by Crippen LogP contribution is -2.04. The van der Waals surface area contributed by atoms with Gasteiger partial charge in [0.1, 0.15) is 11.8 Å². The second-order valence-corrected chi connectivity index (χ2v) is 4.18. The Bertz CT molecular complexity index is 706. The van der Waals surface area contributed by atoms with Crippen LogP contribution >= 0.6 is 0 Å². The third-order valence-corrected chi connectivity index (χ3v) is 2.94. The van der Waals surface area contributed by atoms with E-state index < -0.39 is 17.7 Å². The topological polar surface area (TPSA) is 37.5 Å². The number of halogens is 2. The smallest absolute Gasteiger partial charge is 0.165 e. The summed E-state index contributed by atoms with van der Waals surface area (Å²) in [6.07, 6.45) is 2.06. The first kappa shape index (κ1) is 11.8. The second kappa shape index (κ2) is 4.44. The van der Waals surface area contributed by atoms with Crippen molar-refractivity contribution >= 4 is 5.65 Å². The van der Waals surface area contributed by atoms with Crippen molar-refractivity contribution in [2.75, 3.05) is 0 Å². The predicted molar refractivity (Wildman–Crippen MR) is 65.6 cm³/mol. The van der Waals surface area contributed by atoms with Gasteiger partial charge in [-0.2, -0.15) is 0 Å². The minimum Gasteiger partial charge on any atom is -0.382 e. The molecule has 2 aromatic heterocycles. The Balaban J connectivity index is 2.08. The maximum atomic E-state index is 13.6. The molecule has 0 saturated carbocycles. The molecule has 19 heavy (non-hydrogen) atoms. The molecule has 0 aliphatic carbocycles. The van der Waals surface area contributed by atoms with Gasteiger partial charge in [0.2, 0.25) is 0 Å². The van der Waals surface area contributed by atoms with Crippen molar-refractivity contribution < 1.29 is 13.9 Å². The van der Waals surface area contributed by atoms with Crippen LogP contribution in [0.15, 0.2) is 48.8 Å². The average Bonchev–Trinajstić information content (AvgIpc) is 2.85. The monoisotopic (exact) mass is 260 g/mol. The Kier molecular flexibility index (Phi) is 2.76. The van der Waals surface area contributed by atoms with E-state index in [4.69, 9.17) is 0 Å². The molecule has 1 atom stereocenters. The minimum atomic E-state index is -1.30. The Hall–Kier alpha value is -2.27. The molecule has 3 nitrogen and oxygen atoms in total. The molecule has 0 aliphatic heterocycles. The Morgan fingerprint density at radius 3 is 2.74 bits per heavy atom. The summed E-state index contributed by atoms with van der Waals surface area (Å²) >= 11 is 0. The van der Waals surface area contributed by atoms with Gasteiger partial charge in [-0.05, 0) is 18.2 Å². The molecule has 3 rings (SSSR count). The molecule has 5 heteroatoms. The molecule has 0 aliphatic rings. The average molecular weight is 260 g/mol. The standard InChI is InChI=1S/C14H10F2N2O/c15-10-5-3-4-9(13(10)16)14(19)11-8-18-7-2-1-6-12(18)17-11/h1-8,14,19H. The zero-order chi connectivity index (χ0) is 13.4. The lowest BCUT2D eigenvalue weighted by Gasteiger charge is -2.09. The number of hydrogen-bond acceptors (Lipinski definition) is 2. The summed E-state index contributed by atoms with van der Waals surface area (Å²) in [6.45, 7) is 0.